The van der Waals surface area contributed by atoms with Crippen LogP contribution in [0.3, 0.4) is 0 Å². The molecule has 1 fully saturated rings. The highest BCUT2D eigenvalue weighted by Gasteiger charge is 2.29. The van der Waals surface area contributed by atoms with Crippen molar-refractivity contribution >= 4 is 5.78 Å². The summed E-state index contributed by atoms with van der Waals surface area (Å²) in [6.07, 6.45) is 2.25. The summed E-state index contributed by atoms with van der Waals surface area (Å²) in [5, 5.41) is 0. The molecule has 1 aliphatic rings. The number of ether oxygens (including phenoxy) is 1. The van der Waals surface area contributed by atoms with Crippen LogP contribution in [0.4, 0.5) is 0 Å². The van der Waals surface area contributed by atoms with E-state index in [0.29, 0.717) is 12.3 Å². The summed E-state index contributed by atoms with van der Waals surface area (Å²) in [7, 11) is 1.62. The second-order valence-corrected chi connectivity index (χ2v) is 4.07. The molecule has 1 saturated carbocycles. The molecular formula is C13H16O2. The number of hydrogen-bond acceptors (Lipinski definition) is 2. The van der Waals surface area contributed by atoms with Gasteiger partial charge in [0.15, 0.2) is 5.78 Å². The van der Waals surface area contributed by atoms with E-state index in [4.69, 9.17) is 4.74 Å². The summed E-state index contributed by atoms with van der Waals surface area (Å²) >= 11 is 0. The second-order valence-electron chi connectivity index (χ2n) is 4.07. The molecule has 2 atom stereocenters. The Kier molecular flexibility index (Phi) is 3.17. The number of carbonyl (C=O) groups excluding carboxylic acids is 1. The van der Waals surface area contributed by atoms with E-state index in [9.17, 15) is 4.79 Å². The topological polar surface area (TPSA) is 26.3 Å². The minimum atomic E-state index is -0.191. The normalized spacial score (nSPS) is 26.6. The van der Waals surface area contributed by atoms with Crippen molar-refractivity contribution in [3.63, 3.8) is 0 Å². The van der Waals surface area contributed by atoms with Crippen molar-refractivity contribution in [3.05, 3.63) is 35.9 Å². The lowest BCUT2D eigenvalue weighted by Crippen LogP contribution is -2.30. The zero-order valence-corrected chi connectivity index (χ0v) is 8.98. The Hall–Kier alpha value is -1.15. The standard InChI is InChI=1S/C13H16O2/c1-15-13-9-11(7-8-12(13)14)10-5-3-2-4-6-10/h2-6,11,13H,7-9H2,1H3/t11-,13-/m1/s1. The molecule has 0 spiro atoms. The molecule has 0 aromatic heterocycles. The average Bonchev–Trinajstić information content (AvgIpc) is 2.31. The lowest BCUT2D eigenvalue weighted by molar-refractivity contribution is -0.131. The summed E-state index contributed by atoms with van der Waals surface area (Å²) in [4.78, 5) is 11.5. The maximum Gasteiger partial charge on any atom is 0.161 e. The zero-order chi connectivity index (χ0) is 10.7. The van der Waals surface area contributed by atoms with Gasteiger partial charge in [0.05, 0.1) is 0 Å². The number of benzene rings is 1. The third-order valence-electron chi connectivity index (χ3n) is 3.15. The number of methoxy groups -OCH3 is 1. The summed E-state index contributed by atoms with van der Waals surface area (Å²) < 4.78 is 5.21. The molecule has 0 aliphatic heterocycles. The molecule has 2 nitrogen and oxygen atoms in total. The predicted octanol–water partition coefficient (Wildman–Crippen LogP) is 2.54. The highest BCUT2D eigenvalue weighted by atomic mass is 16.5. The highest BCUT2D eigenvalue weighted by molar-refractivity contribution is 5.84. The molecule has 0 radical (unpaired) electrons. The molecule has 0 N–H and O–H groups in total. The molecular weight excluding hydrogens is 188 g/mol. The molecule has 2 rings (SSSR count). The first-order valence-corrected chi connectivity index (χ1v) is 5.41. The van der Waals surface area contributed by atoms with Crippen LogP contribution in [0.15, 0.2) is 30.3 Å². The first-order valence-electron chi connectivity index (χ1n) is 5.41. The Labute approximate surface area is 90.3 Å². The fourth-order valence-electron chi connectivity index (χ4n) is 2.24. The van der Waals surface area contributed by atoms with Gasteiger partial charge in [-0.3, -0.25) is 4.79 Å². The van der Waals surface area contributed by atoms with Crippen molar-refractivity contribution in [2.24, 2.45) is 0 Å². The first-order chi connectivity index (χ1) is 7.31. The number of Topliss-reactive ketones (excluding diaryl/α,β-unsaturated/α-hetero) is 1. The van der Waals surface area contributed by atoms with Crippen LogP contribution in [0, 0.1) is 0 Å². The maximum absolute atomic E-state index is 11.5. The van der Waals surface area contributed by atoms with Gasteiger partial charge in [-0.1, -0.05) is 30.3 Å². The van der Waals surface area contributed by atoms with Gasteiger partial charge >= 0.3 is 0 Å². The average molecular weight is 204 g/mol. The van der Waals surface area contributed by atoms with Crippen LogP contribution >= 0.6 is 0 Å². The fraction of sp³-hybridized carbons (Fsp3) is 0.462. The van der Waals surface area contributed by atoms with Gasteiger partial charge < -0.3 is 4.74 Å². The lowest BCUT2D eigenvalue weighted by Gasteiger charge is -2.27. The zero-order valence-electron chi connectivity index (χ0n) is 8.98. The van der Waals surface area contributed by atoms with E-state index in [1.807, 2.05) is 18.2 Å². The molecule has 0 heterocycles. The van der Waals surface area contributed by atoms with E-state index in [1.54, 1.807) is 7.11 Å². The second kappa shape index (κ2) is 4.58. The minimum absolute atomic E-state index is 0.191. The van der Waals surface area contributed by atoms with Crippen molar-refractivity contribution in [1.82, 2.24) is 0 Å². The third kappa shape index (κ3) is 2.26. The summed E-state index contributed by atoms with van der Waals surface area (Å²) in [5.41, 5.74) is 1.33. The number of ketones is 1. The Morgan fingerprint density at radius 3 is 2.67 bits per heavy atom. The van der Waals surface area contributed by atoms with Gasteiger partial charge in [-0.2, -0.15) is 0 Å². The smallest absolute Gasteiger partial charge is 0.161 e. The third-order valence-corrected chi connectivity index (χ3v) is 3.15. The van der Waals surface area contributed by atoms with Crippen LogP contribution in [0.25, 0.3) is 0 Å². The molecule has 0 amide bonds. The summed E-state index contributed by atoms with van der Waals surface area (Å²) in [6, 6.07) is 10.4. The van der Waals surface area contributed by atoms with Gasteiger partial charge in [-0.05, 0) is 24.3 Å². The van der Waals surface area contributed by atoms with Gasteiger partial charge in [0.25, 0.3) is 0 Å². The van der Waals surface area contributed by atoms with Crippen molar-refractivity contribution in [2.45, 2.75) is 31.3 Å². The fourth-order valence-corrected chi connectivity index (χ4v) is 2.24. The van der Waals surface area contributed by atoms with E-state index in [2.05, 4.69) is 12.1 Å². The molecule has 0 saturated heterocycles. The molecule has 1 aromatic rings. The van der Waals surface area contributed by atoms with Crippen molar-refractivity contribution in [3.8, 4) is 0 Å². The van der Waals surface area contributed by atoms with Crippen LogP contribution in [-0.2, 0) is 9.53 Å². The van der Waals surface area contributed by atoms with E-state index in [1.165, 1.54) is 5.56 Å². The SMILES string of the molecule is CO[C@@H]1C[C@H](c2ccccc2)CCC1=O. The van der Waals surface area contributed by atoms with Gasteiger partial charge in [-0.25, -0.2) is 0 Å². The van der Waals surface area contributed by atoms with Gasteiger partial charge in [0.1, 0.15) is 6.10 Å². The van der Waals surface area contributed by atoms with Crippen LogP contribution in [0.2, 0.25) is 0 Å². The first kappa shape index (κ1) is 10.4. The Balaban J connectivity index is 2.09. The summed E-state index contributed by atoms with van der Waals surface area (Å²) in [5.74, 6) is 0.735. The Bertz CT molecular complexity index is 332. The van der Waals surface area contributed by atoms with Crippen LogP contribution < -0.4 is 0 Å². The number of carbonyl (C=O) groups is 1. The largest absolute Gasteiger partial charge is 0.374 e. The molecule has 2 heteroatoms. The van der Waals surface area contributed by atoms with Gasteiger partial charge in [0, 0.05) is 13.5 Å². The lowest BCUT2D eigenvalue weighted by atomic mass is 9.82. The van der Waals surface area contributed by atoms with E-state index in [0.717, 1.165) is 12.8 Å². The molecule has 1 aliphatic carbocycles. The molecule has 80 valence electrons. The van der Waals surface area contributed by atoms with Gasteiger partial charge in [-0.15, -0.1) is 0 Å². The molecule has 0 bridgehead atoms. The monoisotopic (exact) mass is 204 g/mol. The molecule has 0 unspecified atom stereocenters. The molecule has 15 heavy (non-hydrogen) atoms. The maximum atomic E-state index is 11.5. The van der Waals surface area contributed by atoms with Crippen LogP contribution in [0.5, 0.6) is 0 Å². The molecule has 1 aromatic carbocycles. The van der Waals surface area contributed by atoms with Crippen molar-refractivity contribution < 1.29 is 9.53 Å². The predicted molar refractivity (Wildman–Crippen MR) is 58.8 cm³/mol. The Morgan fingerprint density at radius 2 is 2.00 bits per heavy atom. The van der Waals surface area contributed by atoms with E-state index in [-0.39, 0.29) is 11.9 Å². The van der Waals surface area contributed by atoms with E-state index < -0.39 is 0 Å². The Morgan fingerprint density at radius 1 is 1.27 bits per heavy atom. The van der Waals surface area contributed by atoms with Crippen molar-refractivity contribution in [1.29, 1.82) is 0 Å². The number of hydrogen-bond donors (Lipinski definition) is 0. The minimum Gasteiger partial charge on any atom is -0.374 e. The van der Waals surface area contributed by atoms with Crippen LogP contribution in [-0.4, -0.2) is 19.0 Å². The van der Waals surface area contributed by atoms with Crippen molar-refractivity contribution in [2.75, 3.05) is 7.11 Å². The number of rotatable bonds is 2. The van der Waals surface area contributed by atoms with Gasteiger partial charge in [0.2, 0.25) is 0 Å². The summed E-state index contributed by atoms with van der Waals surface area (Å²) in [6.45, 7) is 0. The van der Waals surface area contributed by atoms with Crippen LogP contribution in [0.1, 0.15) is 30.7 Å². The van der Waals surface area contributed by atoms with E-state index >= 15 is 0 Å². The highest BCUT2D eigenvalue weighted by Crippen LogP contribution is 2.32. The quantitative estimate of drug-likeness (QED) is 0.740.